The van der Waals surface area contributed by atoms with Crippen LogP contribution in [0.25, 0.3) is 0 Å². The summed E-state index contributed by atoms with van der Waals surface area (Å²) in [5.74, 6) is -0.560. The minimum absolute atomic E-state index is 0.0462. The number of thiophene rings is 2. The quantitative estimate of drug-likeness (QED) is 0.533. The fraction of sp³-hybridized carbons (Fsp3) is 0.500. The maximum absolute atomic E-state index is 14.0. The smallest absolute Gasteiger partial charge is 0.287 e. The van der Waals surface area contributed by atoms with Crippen LogP contribution in [0.5, 0.6) is 0 Å². The number of hydrogen-bond donors (Lipinski definition) is 2. The summed E-state index contributed by atoms with van der Waals surface area (Å²) in [4.78, 5) is 15.7. The van der Waals surface area contributed by atoms with Crippen LogP contribution in [0.4, 0.5) is 5.00 Å². The molecule has 2 unspecified atom stereocenters. The number of sulfone groups is 1. The number of amidine groups is 1. The number of sulfonamides is 1. The van der Waals surface area contributed by atoms with E-state index in [-0.39, 0.29) is 57.1 Å². The number of carbonyl (C=O) groups is 1. The topological polar surface area (TPSA) is 133 Å². The van der Waals surface area contributed by atoms with E-state index in [2.05, 4.69) is 9.71 Å². The van der Waals surface area contributed by atoms with Crippen molar-refractivity contribution < 1.29 is 26.7 Å². The molecule has 2 aromatic rings. The standard InChI is InChI=1S/C24H27N3O6S4/c1-36(30,31)9-7-16-12-35-23-21(16)37(32,33)26-22(25-23)18-20(28)17-14-2-4-15(5-3-14)19(17)27(24(18)29)10-13-6-8-34-11-13/h6,8,11-12,14-15,17,19,28H,2-5,7,9-10H2,1H3,(H,25,26). The molecule has 1 amide bonds. The lowest BCUT2D eigenvalue weighted by Gasteiger charge is -2.54. The van der Waals surface area contributed by atoms with E-state index in [1.165, 1.54) is 0 Å². The zero-order valence-electron chi connectivity index (χ0n) is 20.1. The zero-order chi connectivity index (χ0) is 26.1. The number of aliphatic hydroxyl groups is 1. The number of hydrogen-bond acceptors (Lipinski definition) is 9. The number of amides is 1. The third-order valence-electron chi connectivity index (χ3n) is 8.01. The molecule has 5 aliphatic rings. The Kier molecular flexibility index (Phi) is 6.05. The molecule has 198 valence electrons. The Labute approximate surface area is 223 Å². The first-order valence-electron chi connectivity index (χ1n) is 12.2. The van der Waals surface area contributed by atoms with Gasteiger partial charge in [-0.05, 0) is 77.3 Å². The molecular weight excluding hydrogens is 555 g/mol. The summed E-state index contributed by atoms with van der Waals surface area (Å²) in [5.41, 5.74) is 1.29. The Bertz CT molecular complexity index is 1530. The molecule has 7 rings (SSSR count). The fourth-order valence-corrected chi connectivity index (χ4v) is 10.3. The van der Waals surface area contributed by atoms with Gasteiger partial charge < -0.3 is 15.3 Å². The largest absolute Gasteiger partial charge is 0.511 e. The Balaban J connectivity index is 1.41. The lowest BCUT2D eigenvalue weighted by molar-refractivity contribution is -0.140. The third-order valence-corrected chi connectivity index (χ3v) is 12.2. The van der Waals surface area contributed by atoms with Gasteiger partial charge in [-0.3, -0.25) is 4.79 Å². The van der Waals surface area contributed by atoms with Crippen molar-refractivity contribution in [2.75, 3.05) is 17.3 Å². The third kappa shape index (κ3) is 4.33. The highest BCUT2D eigenvalue weighted by Crippen LogP contribution is 2.52. The van der Waals surface area contributed by atoms with E-state index < -0.39 is 25.8 Å². The highest BCUT2D eigenvalue weighted by atomic mass is 32.2. The molecule has 0 aromatic carbocycles. The molecule has 2 atom stereocenters. The normalized spacial score (nSPS) is 28.5. The lowest BCUT2D eigenvalue weighted by atomic mass is 9.59. The van der Waals surface area contributed by atoms with Crippen LogP contribution in [0.3, 0.4) is 0 Å². The number of aliphatic hydroxyl groups excluding tert-OH is 1. The molecule has 2 aromatic heterocycles. The highest BCUT2D eigenvalue weighted by Gasteiger charge is 2.54. The molecule has 4 heterocycles. The second-order valence-corrected chi connectivity index (χ2v) is 15.8. The van der Waals surface area contributed by atoms with Gasteiger partial charge in [-0.15, -0.1) is 15.7 Å². The van der Waals surface area contributed by atoms with Crippen LogP contribution < -0.4 is 5.32 Å². The Morgan fingerprint density at radius 2 is 1.92 bits per heavy atom. The first-order chi connectivity index (χ1) is 17.5. The van der Waals surface area contributed by atoms with E-state index in [1.807, 2.05) is 21.7 Å². The van der Waals surface area contributed by atoms with Gasteiger partial charge in [0.05, 0.1) is 5.75 Å². The molecule has 2 N–H and O–H groups in total. The SMILES string of the molecule is CS(=O)(=O)CCc1csc2c1S(=O)(=O)N=C(C1=C(O)C3C4CCC(CC4)C3N(Cc3ccsc3)C1=O)N2. The maximum atomic E-state index is 14.0. The van der Waals surface area contributed by atoms with Gasteiger partial charge in [0, 0.05) is 24.8 Å². The number of nitrogens with zero attached hydrogens (tertiary/aromatic N) is 2. The summed E-state index contributed by atoms with van der Waals surface area (Å²) < 4.78 is 53.8. The van der Waals surface area contributed by atoms with Gasteiger partial charge in [0.25, 0.3) is 15.9 Å². The minimum atomic E-state index is -4.22. The first kappa shape index (κ1) is 25.1. The van der Waals surface area contributed by atoms with E-state index >= 15 is 0 Å². The molecule has 3 fully saturated rings. The van der Waals surface area contributed by atoms with Gasteiger partial charge in [-0.2, -0.15) is 19.8 Å². The van der Waals surface area contributed by atoms with E-state index in [4.69, 9.17) is 0 Å². The van der Waals surface area contributed by atoms with Crippen molar-refractivity contribution in [1.82, 2.24) is 4.90 Å². The van der Waals surface area contributed by atoms with Crippen molar-refractivity contribution in [3.8, 4) is 0 Å². The van der Waals surface area contributed by atoms with Crippen LogP contribution in [-0.2, 0) is 37.6 Å². The molecule has 0 radical (unpaired) electrons. The maximum Gasteiger partial charge on any atom is 0.287 e. The van der Waals surface area contributed by atoms with Gasteiger partial charge in [0.2, 0.25) is 0 Å². The fourth-order valence-electron chi connectivity index (χ4n) is 6.41. The number of nitrogens with one attached hydrogen (secondary N) is 1. The van der Waals surface area contributed by atoms with Crippen LogP contribution in [0.15, 0.2) is 42.8 Å². The summed E-state index contributed by atoms with van der Waals surface area (Å²) in [6.45, 7) is 0.392. The van der Waals surface area contributed by atoms with Crippen LogP contribution in [-0.4, -0.2) is 56.6 Å². The molecule has 37 heavy (non-hydrogen) atoms. The van der Waals surface area contributed by atoms with Crippen molar-refractivity contribution >= 4 is 59.3 Å². The number of anilines is 1. The van der Waals surface area contributed by atoms with Crippen LogP contribution in [0, 0.1) is 17.8 Å². The molecule has 0 saturated heterocycles. The number of fused-ring (bicyclic) bond motifs is 3. The van der Waals surface area contributed by atoms with E-state index in [9.17, 15) is 26.7 Å². The van der Waals surface area contributed by atoms with Crippen LogP contribution >= 0.6 is 22.7 Å². The Morgan fingerprint density at radius 1 is 1.19 bits per heavy atom. The lowest BCUT2D eigenvalue weighted by Crippen LogP contribution is -2.60. The second-order valence-electron chi connectivity index (χ2n) is 10.4. The molecule has 13 heteroatoms. The first-order valence-corrected chi connectivity index (χ1v) is 17.5. The van der Waals surface area contributed by atoms with Gasteiger partial charge in [0.15, 0.2) is 5.84 Å². The number of carbonyl (C=O) groups excluding carboxylic acids is 1. The average molecular weight is 582 g/mol. The Morgan fingerprint density at radius 3 is 2.59 bits per heavy atom. The summed E-state index contributed by atoms with van der Waals surface area (Å²) in [6.07, 6.45) is 5.13. The van der Waals surface area contributed by atoms with E-state index in [1.54, 1.807) is 16.7 Å². The second kappa shape index (κ2) is 8.92. The van der Waals surface area contributed by atoms with Crippen molar-refractivity contribution in [2.45, 2.75) is 49.6 Å². The average Bonchev–Trinajstić information content (AvgIpc) is 3.50. The van der Waals surface area contributed by atoms with Crippen molar-refractivity contribution in [1.29, 1.82) is 0 Å². The molecule has 2 aliphatic heterocycles. The van der Waals surface area contributed by atoms with Gasteiger partial charge in [0.1, 0.15) is 31.1 Å². The molecule has 3 saturated carbocycles. The van der Waals surface area contributed by atoms with Gasteiger partial charge in [-0.25, -0.2) is 8.42 Å². The van der Waals surface area contributed by atoms with E-state index in [0.717, 1.165) is 48.8 Å². The molecule has 2 bridgehead atoms. The van der Waals surface area contributed by atoms with Crippen molar-refractivity contribution in [3.05, 3.63) is 44.7 Å². The summed E-state index contributed by atoms with van der Waals surface area (Å²) in [5, 5.41) is 20.3. The van der Waals surface area contributed by atoms with Crippen LogP contribution in [0.2, 0.25) is 0 Å². The number of aryl methyl sites for hydroxylation is 1. The van der Waals surface area contributed by atoms with Crippen molar-refractivity contribution in [3.63, 3.8) is 0 Å². The van der Waals surface area contributed by atoms with Crippen molar-refractivity contribution in [2.24, 2.45) is 22.2 Å². The monoisotopic (exact) mass is 581 g/mol. The Hall–Kier alpha value is -2.22. The highest BCUT2D eigenvalue weighted by molar-refractivity contribution is 7.91. The predicted octanol–water partition coefficient (Wildman–Crippen LogP) is 3.57. The van der Waals surface area contributed by atoms with Gasteiger partial charge >= 0.3 is 0 Å². The summed E-state index contributed by atoms with van der Waals surface area (Å²) >= 11 is 2.67. The van der Waals surface area contributed by atoms with E-state index in [0.29, 0.717) is 18.0 Å². The summed E-state index contributed by atoms with van der Waals surface area (Å²) in [7, 11) is -7.51. The van der Waals surface area contributed by atoms with Crippen LogP contribution in [0.1, 0.15) is 36.8 Å². The predicted molar refractivity (Wildman–Crippen MR) is 143 cm³/mol. The summed E-state index contributed by atoms with van der Waals surface area (Å²) in [6, 6.07) is 1.85. The molecule has 3 aliphatic carbocycles. The number of rotatable bonds is 6. The molecular formula is C24H27N3O6S4. The minimum Gasteiger partial charge on any atom is -0.511 e. The molecule has 0 spiro atoms. The zero-order valence-corrected chi connectivity index (χ0v) is 23.4. The van der Waals surface area contributed by atoms with Gasteiger partial charge in [-0.1, -0.05) is 0 Å². The molecule has 9 nitrogen and oxygen atoms in total.